The molecule has 2 heterocycles. The molecule has 2 aromatic rings. The first-order valence-electron chi connectivity index (χ1n) is 8.09. The van der Waals surface area contributed by atoms with Gasteiger partial charge in [0.05, 0.1) is 6.42 Å². The van der Waals surface area contributed by atoms with E-state index in [2.05, 4.69) is 32.5 Å². The van der Waals surface area contributed by atoms with Crippen LogP contribution in [-0.4, -0.2) is 40.5 Å². The molecule has 24 heavy (non-hydrogen) atoms. The Morgan fingerprint density at radius 1 is 1.21 bits per heavy atom. The van der Waals surface area contributed by atoms with E-state index in [4.69, 9.17) is 0 Å². The lowest BCUT2D eigenvalue weighted by Gasteiger charge is -2.09. The second-order valence-corrected chi connectivity index (χ2v) is 5.49. The molecule has 0 saturated heterocycles. The van der Waals surface area contributed by atoms with Gasteiger partial charge in [0.2, 0.25) is 5.91 Å². The van der Waals surface area contributed by atoms with E-state index in [9.17, 15) is 9.59 Å². The van der Waals surface area contributed by atoms with Crippen molar-refractivity contribution in [2.75, 3.05) is 19.6 Å². The lowest BCUT2D eigenvalue weighted by Crippen LogP contribution is -2.34. The van der Waals surface area contributed by atoms with Gasteiger partial charge in [0.15, 0.2) is 0 Å². The molecular weight excluding hydrogens is 306 g/mol. The maximum absolute atomic E-state index is 12.3. The lowest BCUT2D eigenvalue weighted by atomic mass is 10.1. The van der Waals surface area contributed by atoms with Crippen molar-refractivity contribution in [3.63, 3.8) is 0 Å². The van der Waals surface area contributed by atoms with Crippen LogP contribution in [0.2, 0.25) is 0 Å². The third-order valence-corrected chi connectivity index (χ3v) is 3.56. The average molecular weight is 329 g/mol. The minimum atomic E-state index is -0.284. The largest absolute Gasteiger partial charge is 0.355 e. The van der Waals surface area contributed by atoms with E-state index in [0.29, 0.717) is 30.2 Å². The van der Waals surface area contributed by atoms with Gasteiger partial charge in [-0.2, -0.15) is 0 Å². The van der Waals surface area contributed by atoms with Crippen LogP contribution in [-0.2, 0) is 11.2 Å². The summed E-state index contributed by atoms with van der Waals surface area (Å²) in [7, 11) is 0. The predicted molar refractivity (Wildman–Crippen MR) is 92.7 cm³/mol. The van der Waals surface area contributed by atoms with Gasteiger partial charge in [0.1, 0.15) is 5.82 Å². The second-order valence-electron chi connectivity index (χ2n) is 5.49. The van der Waals surface area contributed by atoms with Gasteiger partial charge in [0.25, 0.3) is 5.56 Å². The Kier molecular flexibility index (Phi) is 6.62. The summed E-state index contributed by atoms with van der Waals surface area (Å²) >= 11 is 0. The third kappa shape index (κ3) is 4.99. The summed E-state index contributed by atoms with van der Waals surface area (Å²) in [6.07, 6.45) is 4.35. The highest BCUT2D eigenvalue weighted by molar-refractivity contribution is 5.78. The van der Waals surface area contributed by atoms with Crippen LogP contribution in [0, 0.1) is 6.92 Å². The Balaban J connectivity index is 2.01. The summed E-state index contributed by atoms with van der Waals surface area (Å²) in [6, 6.07) is 3.54. The first-order chi connectivity index (χ1) is 11.6. The van der Waals surface area contributed by atoms with Gasteiger partial charge in [0, 0.05) is 42.3 Å². The predicted octanol–water partition coefficient (Wildman–Crippen LogP) is 0.799. The standard InChI is InChI=1S/C17H23N5O2/c1-3-6-18-9-10-20-15(23)11-14-12(2)21-16(22-17(14)24)13-4-7-19-8-5-13/h4-5,7-8,18H,3,6,9-11H2,1-2H3,(H,20,23)(H,21,22,24). The van der Waals surface area contributed by atoms with Gasteiger partial charge in [-0.25, -0.2) is 4.98 Å². The Morgan fingerprint density at radius 3 is 2.62 bits per heavy atom. The normalized spacial score (nSPS) is 10.6. The Morgan fingerprint density at radius 2 is 1.96 bits per heavy atom. The van der Waals surface area contributed by atoms with Crippen molar-refractivity contribution in [2.24, 2.45) is 0 Å². The van der Waals surface area contributed by atoms with Gasteiger partial charge in [-0.05, 0) is 32.0 Å². The number of nitrogens with zero attached hydrogens (tertiary/aromatic N) is 2. The van der Waals surface area contributed by atoms with Gasteiger partial charge in [-0.3, -0.25) is 14.6 Å². The van der Waals surface area contributed by atoms with Crippen LogP contribution in [0.25, 0.3) is 11.4 Å². The molecule has 0 atom stereocenters. The number of carbonyl (C=O) groups excluding carboxylic acids is 1. The quantitative estimate of drug-likeness (QED) is 0.622. The molecule has 0 unspecified atom stereocenters. The number of pyridine rings is 1. The van der Waals surface area contributed by atoms with Crippen molar-refractivity contribution in [1.29, 1.82) is 0 Å². The zero-order valence-electron chi connectivity index (χ0n) is 14.1. The fourth-order valence-corrected chi connectivity index (χ4v) is 2.28. The second kappa shape index (κ2) is 8.93. The molecule has 7 heteroatoms. The van der Waals surface area contributed by atoms with Crippen molar-refractivity contribution in [1.82, 2.24) is 25.6 Å². The molecule has 0 saturated carbocycles. The minimum Gasteiger partial charge on any atom is -0.355 e. The van der Waals surface area contributed by atoms with Crippen molar-refractivity contribution in [3.8, 4) is 11.4 Å². The first-order valence-corrected chi connectivity index (χ1v) is 8.09. The highest BCUT2D eigenvalue weighted by Gasteiger charge is 2.13. The SMILES string of the molecule is CCCNCCNC(=O)Cc1c(C)nc(-c2ccncc2)[nH]c1=O. The number of aromatic nitrogens is 3. The molecule has 7 nitrogen and oxygen atoms in total. The van der Waals surface area contributed by atoms with Crippen LogP contribution in [0.5, 0.6) is 0 Å². The molecule has 2 rings (SSSR count). The van der Waals surface area contributed by atoms with Crippen LogP contribution in [0.3, 0.4) is 0 Å². The van der Waals surface area contributed by atoms with E-state index in [-0.39, 0.29) is 17.9 Å². The number of amides is 1. The molecule has 0 aliphatic heterocycles. The van der Waals surface area contributed by atoms with Gasteiger partial charge < -0.3 is 15.6 Å². The maximum Gasteiger partial charge on any atom is 0.255 e. The lowest BCUT2D eigenvalue weighted by molar-refractivity contribution is -0.120. The van der Waals surface area contributed by atoms with E-state index in [1.807, 2.05) is 0 Å². The molecule has 2 aromatic heterocycles. The molecule has 1 amide bonds. The first kappa shape index (κ1) is 17.8. The van der Waals surface area contributed by atoms with E-state index in [0.717, 1.165) is 18.5 Å². The van der Waals surface area contributed by atoms with Gasteiger partial charge in [-0.15, -0.1) is 0 Å². The minimum absolute atomic E-state index is 0.0264. The molecule has 128 valence electrons. The molecule has 3 N–H and O–H groups in total. The number of H-pyrrole nitrogens is 1. The number of hydrogen-bond donors (Lipinski definition) is 3. The van der Waals surface area contributed by atoms with Crippen molar-refractivity contribution >= 4 is 5.91 Å². The number of carbonyl (C=O) groups is 1. The number of nitrogens with one attached hydrogen (secondary N) is 3. The van der Waals surface area contributed by atoms with E-state index in [1.165, 1.54) is 0 Å². The maximum atomic E-state index is 12.3. The fraction of sp³-hybridized carbons (Fsp3) is 0.412. The number of rotatable bonds is 8. The summed E-state index contributed by atoms with van der Waals surface area (Å²) in [5, 5.41) is 6.00. The van der Waals surface area contributed by atoms with E-state index >= 15 is 0 Å². The average Bonchev–Trinajstić information content (AvgIpc) is 2.58. The van der Waals surface area contributed by atoms with Crippen LogP contribution in [0.1, 0.15) is 24.6 Å². The third-order valence-electron chi connectivity index (χ3n) is 3.56. The molecule has 0 aromatic carbocycles. The number of hydrogen-bond acceptors (Lipinski definition) is 5. The number of aromatic amines is 1. The van der Waals surface area contributed by atoms with Crippen LogP contribution < -0.4 is 16.2 Å². The Labute approximate surface area is 140 Å². The zero-order chi connectivity index (χ0) is 17.4. The van der Waals surface area contributed by atoms with E-state index in [1.54, 1.807) is 31.5 Å². The van der Waals surface area contributed by atoms with Crippen molar-refractivity contribution in [3.05, 3.63) is 46.1 Å². The molecule has 0 aliphatic carbocycles. The highest BCUT2D eigenvalue weighted by Crippen LogP contribution is 2.13. The van der Waals surface area contributed by atoms with Crippen LogP contribution >= 0.6 is 0 Å². The highest BCUT2D eigenvalue weighted by atomic mass is 16.2. The van der Waals surface area contributed by atoms with Crippen molar-refractivity contribution in [2.45, 2.75) is 26.7 Å². The van der Waals surface area contributed by atoms with Crippen molar-refractivity contribution < 1.29 is 4.79 Å². The topological polar surface area (TPSA) is 99.8 Å². The summed E-state index contributed by atoms with van der Waals surface area (Å²) in [4.78, 5) is 35.3. The fourth-order valence-electron chi connectivity index (χ4n) is 2.28. The molecule has 0 radical (unpaired) electrons. The van der Waals surface area contributed by atoms with Crippen LogP contribution in [0.4, 0.5) is 0 Å². The molecule has 0 bridgehead atoms. The summed E-state index contributed by atoms with van der Waals surface area (Å²) in [5.74, 6) is 0.299. The molecule has 0 aliphatic rings. The Bertz CT molecular complexity index is 728. The molecule has 0 fully saturated rings. The van der Waals surface area contributed by atoms with Crippen LogP contribution in [0.15, 0.2) is 29.3 Å². The summed E-state index contributed by atoms with van der Waals surface area (Å²) in [6.45, 7) is 6.01. The van der Waals surface area contributed by atoms with Gasteiger partial charge >= 0.3 is 0 Å². The van der Waals surface area contributed by atoms with Gasteiger partial charge in [-0.1, -0.05) is 6.92 Å². The zero-order valence-corrected chi connectivity index (χ0v) is 14.1. The molecular formula is C17H23N5O2. The monoisotopic (exact) mass is 329 g/mol. The number of aryl methyl sites for hydroxylation is 1. The smallest absolute Gasteiger partial charge is 0.255 e. The summed E-state index contributed by atoms with van der Waals surface area (Å²) in [5.41, 5.74) is 1.45. The van der Waals surface area contributed by atoms with E-state index < -0.39 is 0 Å². The summed E-state index contributed by atoms with van der Waals surface area (Å²) < 4.78 is 0. The Hall–Kier alpha value is -2.54. The molecule has 0 spiro atoms.